The number of ether oxygens (including phenoxy) is 2. The highest BCUT2D eigenvalue weighted by Crippen LogP contribution is 2.33. The number of nitrogens with one attached hydrogen (secondary N) is 1. The molecule has 0 spiro atoms. The molecule has 230 valence electrons. The molecule has 9 heteroatoms. The highest BCUT2D eigenvalue weighted by Gasteiger charge is 2.23. The molecule has 2 aromatic carbocycles. The van der Waals surface area contributed by atoms with Crippen molar-refractivity contribution >= 4 is 45.8 Å². The molecule has 43 heavy (non-hydrogen) atoms. The van der Waals surface area contributed by atoms with E-state index in [0.29, 0.717) is 37.2 Å². The quantitative estimate of drug-likeness (QED) is 0.189. The first-order valence-electron chi connectivity index (χ1n) is 15.3. The second-order valence-electron chi connectivity index (χ2n) is 11.8. The van der Waals surface area contributed by atoms with Crippen molar-refractivity contribution in [3.8, 4) is 0 Å². The van der Waals surface area contributed by atoms with Crippen LogP contribution in [0.1, 0.15) is 76.6 Å². The van der Waals surface area contributed by atoms with Crippen molar-refractivity contribution in [2.24, 2.45) is 0 Å². The van der Waals surface area contributed by atoms with E-state index in [0.717, 1.165) is 61.1 Å². The SMILES string of the molecule is CCOC(=O)c1cnc2ccc(N3CCN(C(=O)CCCCCCC(=O)OC(C)(C)C)CC3)cc2c1Nc1ccccc1. The van der Waals surface area contributed by atoms with Crippen LogP contribution in [0.3, 0.4) is 0 Å². The van der Waals surface area contributed by atoms with Crippen LogP contribution in [0.15, 0.2) is 54.7 Å². The summed E-state index contributed by atoms with van der Waals surface area (Å²) in [5.74, 6) is -0.397. The van der Waals surface area contributed by atoms with Gasteiger partial charge in [-0.2, -0.15) is 0 Å². The van der Waals surface area contributed by atoms with Crippen LogP contribution < -0.4 is 10.2 Å². The minimum atomic E-state index is -0.449. The number of nitrogens with zero attached hydrogens (tertiary/aromatic N) is 3. The summed E-state index contributed by atoms with van der Waals surface area (Å²) in [6.07, 6.45) is 5.96. The third-order valence-electron chi connectivity index (χ3n) is 7.33. The molecule has 0 bridgehead atoms. The maximum Gasteiger partial charge on any atom is 0.341 e. The number of para-hydroxylation sites is 1. The Bertz CT molecular complexity index is 1400. The molecule has 0 radical (unpaired) electrons. The van der Waals surface area contributed by atoms with Gasteiger partial charge in [0.15, 0.2) is 0 Å². The highest BCUT2D eigenvalue weighted by molar-refractivity contribution is 6.06. The molecular formula is C34H44N4O5. The number of piperazine rings is 1. The third-order valence-corrected chi connectivity index (χ3v) is 7.33. The number of pyridine rings is 1. The highest BCUT2D eigenvalue weighted by atomic mass is 16.6. The average Bonchev–Trinajstić information content (AvgIpc) is 2.98. The van der Waals surface area contributed by atoms with E-state index in [1.807, 2.05) is 68.1 Å². The van der Waals surface area contributed by atoms with Gasteiger partial charge in [0.25, 0.3) is 0 Å². The fourth-order valence-corrected chi connectivity index (χ4v) is 5.21. The lowest BCUT2D eigenvalue weighted by molar-refractivity contribution is -0.155. The predicted molar refractivity (Wildman–Crippen MR) is 170 cm³/mol. The number of esters is 2. The number of benzene rings is 2. The summed E-state index contributed by atoms with van der Waals surface area (Å²) in [5, 5.41) is 4.25. The zero-order valence-corrected chi connectivity index (χ0v) is 25.9. The van der Waals surface area contributed by atoms with Crippen LogP contribution in [-0.4, -0.2) is 66.1 Å². The second kappa shape index (κ2) is 14.8. The van der Waals surface area contributed by atoms with E-state index in [-0.39, 0.29) is 18.5 Å². The number of hydrogen-bond acceptors (Lipinski definition) is 8. The largest absolute Gasteiger partial charge is 0.462 e. The fraction of sp³-hybridized carbons (Fsp3) is 0.471. The van der Waals surface area contributed by atoms with E-state index in [1.165, 1.54) is 0 Å². The summed E-state index contributed by atoms with van der Waals surface area (Å²) in [6.45, 7) is 10.4. The zero-order valence-electron chi connectivity index (χ0n) is 25.9. The minimum Gasteiger partial charge on any atom is -0.462 e. The van der Waals surface area contributed by atoms with Gasteiger partial charge in [-0.25, -0.2) is 4.79 Å². The van der Waals surface area contributed by atoms with Crippen molar-refractivity contribution in [1.29, 1.82) is 0 Å². The normalized spacial score (nSPS) is 13.6. The number of hydrogen-bond donors (Lipinski definition) is 1. The van der Waals surface area contributed by atoms with E-state index in [2.05, 4.69) is 21.3 Å². The van der Waals surface area contributed by atoms with Gasteiger partial charge in [0, 0.05) is 62.0 Å². The molecule has 1 saturated heterocycles. The van der Waals surface area contributed by atoms with Crippen molar-refractivity contribution in [1.82, 2.24) is 9.88 Å². The lowest BCUT2D eigenvalue weighted by atomic mass is 10.1. The van der Waals surface area contributed by atoms with Gasteiger partial charge in [-0.05, 0) is 70.9 Å². The minimum absolute atomic E-state index is 0.160. The molecule has 1 aliphatic heterocycles. The van der Waals surface area contributed by atoms with Crippen LogP contribution >= 0.6 is 0 Å². The molecule has 1 fully saturated rings. The zero-order chi connectivity index (χ0) is 30.8. The Labute approximate surface area is 254 Å². The molecule has 0 unspecified atom stereocenters. The number of carbonyl (C=O) groups excluding carboxylic acids is 3. The first-order chi connectivity index (χ1) is 20.6. The van der Waals surface area contributed by atoms with E-state index in [1.54, 1.807) is 13.1 Å². The Balaban J connectivity index is 1.34. The van der Waals surface area contributed by atoms with Gasteiger partial charge >= 0.3 is 11.9 Å². The van der Waals surface area contributed by atoms with Crippen molar-refractivity contribution in [2.75, 3.05) is 43.0 Å². The fourth-order valence-electron chi connectivity index (χ4n) is 5.21. The average molecular weight is 589 g/mol. The van der Waals surface area contributed by atoms with Crippen LogP contribution in [0.25, 0.3) is 10.9 Å². The first-order valence-corrected chi connectivity index (χ1v) is 15.3. The van der Waals surface area contributed by atoms with E-state index in [9.17, 15) is 14.4 Å². The molecule has 3 aromatic rings. The molecule has 0 atom stereocenters. The van der Waals surface area contributed by atoms with Gasteiger partial charge in [0.2, 0.25) is 5.91 Å². The molecule has 2 heterocycles. The van der Waals surface area contributed by atoms with Crippen molar-refractivity contribution in [3.63, 3.8) is 0 Å². The molecule has 0 aliphatic carbocycles. The van der Waals surface area contributed by atoms with E-state index in [4.69, 9.17) is 9.47 Å². The second-order valence-corrected chi connectivity index (χ2v) is 11.8. The molecule has 0 saturated carbocycles. The molecule has 1 N–H and O–H groups in total. The van der Waals surface area contributed by atoms with Crippen LogP contribution in [0.4, 0.5) is 17.1 Å². The number of unbranched alkanes of at least 4 members (excludes halogenated alkanes) is 3. The van der Waals surface area contributed by atoms with Gasteiger partial charge in [0.05, 0.1) is 17.8 Å². The number of amides is 1. The van der Waals surface area contributed by atoms with Crippen LogP contribution in [-0.2, 0) is 19.1 Å². The summed E-state index contributed by atoms with van der Waals surface area (Å²) in [6, 6.07) is 15.8. The molecule has 1 aromatic heterocycles. The summed E-state index contributed by atoms with van der Waals surface area (Å²) >= 11 is 0. The summed E-state index contributed by atoms with van der Waals surface area (Å²) in [5.41, 5.74) is 3.25. The topological polar surface area (TPSA) is 101 Å². The number of anilines is 3. The summed E-state index contributed by atoms with van der Waals surface area (Å²) in [7, 11) is 0. The Morgan fingerprint density at radius 2 is 1.60 bits per heavy atom. The lowest BCUT2D eigenvalue weighted by Crippen LogP contribution is -2.48. The van der Waals surface area contributed by atoms with Gasteiger partial charge in [0.1, 0.15) is 11.2 Å². The third kappa shape index (κ3) is 9.17. The predicted octanol–water partition coefficient (Wildman–Crippen LogP) is 6.49. The van der Waals surface area contributed by atoms with Crippen LogP contribution in [0.2, 0.25) is 0 Å². The van der Waals surface area contributed by atoms with Gasteiger partial charge in [-0.1, -0.05) is 31.0 Å². The van der Waals surface area contributed by atoms with E-state index < -0.39 is 11.6 Å². The molecular weight excluding hydrogens is 544 g/mol. The number of aromatic nitrogens is 1. The van der Waals surface area contributed by atoms with Gasteiger partial charge in [-0.3, -0.25) is 14.6 Å². The standard InChI is InChI=1S/C34H44N4O5/c1-5-42-33(41)28-24-35-29-18-17-26(23-27(29)32(28)36-25-13-9-8-10-14-25)37-19-21-38(22-20-37)30(39)15-11-6-7-12-16-31(40)43-34(2,3)4/h8-10,13-14,17-18,23-24H,5-7,11-12,15-16,19-22H2,1-4H3,(H,35,36). The van der Waals surface area contributed by atoms with Gasteiger partial charge in [-0.15, -0.1) is 0 Å². The smallest absolute Gasteiger partial charge is 0.341 e. The summed E-state index contributed by atoms with van der Waals surface area (Å²) in [4.78, 5) is 46.3. The monoisotopic (exact) mass is 588 g/mol. The molecule has 1 aliphatic rings. The maximum atomic E-state index is 12.9. The Hall–Kier alpha value is -4.14. The van der Waals surface area contributed by atoms with Crippen molar-refractivity contribution in [3.05, 3.63) is 60.3 Å². The van der Waals surface area contributed by atoms with Crippen LogP contribution in [0.5, 0.6) is 0 Å². The van der Waals surface area contributed by atoms with Crippen molar-refractivity contribution in [2.45, 2.75) is 71.8 Å². The molecule has 4 rings (SSSR count). The Morgan fingerprint density at radius 1 is 0.907 bits per heavy atom. The Morgan fingerprint density at radius 3 is 2.28 bits per heavy atom. The number of carbonyl (C=O) groups is 3. The number of fused-ring (bicyclic) bond motifs is 1. The molecule has 9 nitrogen and oxygen atoms in total. The summed E-state index contributed by atoms with van der Waals surface area (Å²) < 4.78 is 10.7. The van der Waals surface area contributed by atoms with Crippen LogP contribution in [0, 0.1) is 0 Å². The Kier molecular flexibility index (Phi) is 11.0. The lowest BCUT2D eigenvalue weighted by Gasteiger charge is -2.36. The maximum absolute atomic E-state index is 12.9. The number of rotatable bonds is 12. The van der Waals surface area contributed by atoms with Gasteiger partial charge < -0.3 is 24.6 Å². The molecule has 1 amide bonds. The van der Waals surface area contributed by atoms with E-state index >= 15 is 0 Å². The van der Waals surface area contributed by atoms with Crippen molar-refractivity contribution < 1.29 is 23.9 Å². The first kappa shape index (κ1) is 31.8.